The molecule has 0 N–H and O–H groups in total. The lowest BCUT2D eigenvalue weighted by atomic mass is 9.71. The van der Waals surface area contributed by atoms with Gasteiger partial charge in [0.2, 0.25) is 0 Å². The molecule has 4 rings (SSSR count). The molecule has 2 heterocycles. The van der Waals surface area contributed by atoms with Crippen molar-refractivity contribution in [1.29, 1.82) is 0 Å². The summed E-state index contributed by atoms with van der Waals surface area (Å²) in [6.45, 7) is 2.77. The molecule has 0 radical (unpaired) electrons. The Balaban J connectivity index is 2.13. The molecule has 0 aromatic heterocycles. The van der Waals surface area contributed by atoms with Gasteiger partial charge in [0, 0.05) is 11.1 Å². The Bertz CT molecular complexity index is 991. The van der Waals surface area contributed by atoms with E-state index in [2.05, 4.69) is 9.47 Å². The fourth-order valence-electron chi connectivity index (χ4n) is 4.31. The molecule has 0 saturated heterocycles. The third-order valence-corrected chi connectivity index (χ3v) is 9.31. The van der Waals surface area contributed by atoms with Crippen molar-refractivity contribution in [3.63, 3.8) is 0 Å². The molecule has 0 aromatic rings. The number of hydrogen-bond donors (Lipinski definition) is 0. The third kappa shape index (κ3) is 2.32. The van der Waals surface area contributed by atoms with Crippen molar-refractivity contribution in [2.24, 2.45) is 0 Å². The zero-order chi connectivity index (χ0) is 23.4. The minimum absolute atomic E-state index is 0.198. The molecule has 0 unspecified atom stereocenters. The first-order valence-electron chi connectivity index (χ1n) is 8.74. The minimum atomic E-state index is -5.71. The number of thioether (sulfide) groups is 2. The van der Waals surface area contributed by atoms with E-state index in [9.17, 15) is 35.9 Å². The lowest BCUT2D eigenvalue weighted by Gasteiger charge is -2.47. The number of ether oxygens (including phenoxy) is 2. The highest BCUT2D eigenvalue weighted by Gasteiger charge is 2.84. The Morgan fingerprint density at radius 2 is 1.06 bits per heavy atom. The van der Waals surface area contributed by atoms with Gasteiger partial charge < -0.3 is 9.47 Å². The van der Waals surface area contributed by atoms with E-state index in [-0.39, 0.29) is 9.81 Å². The predicted molar refractivity (Wildman–Crippen MR) is 101 cm³/mol. The summed E-state index contributed by atoms with van der Waals surface area (Å²) in [6, 6.07) is 0. The first kappa shape index (κ1) is 22.4. The summed E-state index contributed by atoms with van der Waals surface area (Å²) in [5.41, 5.74) is -4.08. The third-order valence-electron chi connectivity index (χ3n) is 6.10. The van der Waals surface area contributed by atoms with Crippen LogP contribution in [-0.2, 0) is 19.1 Å². The van der Waals surface area contributed by atoms with E-state index < -0.39 is 61.5 Å². The highest BCUT2D eigenvalue weighted by molar-refractivity contribution is 8.10. The summed E-state index contributed by atoms with van der Waals surface area (Å²) in [7, 11) is 2.08. The fraction of sp³-hybridized carbons (Fsp3) is 0.474. The second kappa shape index (κ2) is 6.15. The molecule has 2 atom stereocenters. The number of carbonyl (C=O) groups is 2. The molecule has 4 aliphatic rings. The van der Waals surface area contributed by atoms with Crippen LogP contribution in [0.25, 0.3) is 0 Å². The van der Waals surface area contributed by atoms with E-state index in [4.69, 9.17) is 0 Å². The van der Waals surface area contributed by atoms with Gasteiger partial charge in [-0.05, 0) is 37.1 Å². The number of esters is 2. The summed E-state index contributed by atoms with van der Waals surface area (Å²) in [6.07, 6.45) is 1.80. The lowest BCUT2D eigenvalue weighted by molar-refractivity contribution is -0.258. The molecule has 0 bridgehead atoms. The highest BCUT2D eigenvalue weighted by Crippen LogP contribution is 2.74. The number of fused-ring (bicyclic) bond motifs is 4. The second-order valence-corrected chi connectivity index (χ2v) is 10.5. The molecule has 1 saturated carbocycles. The lowest BCUT2D eigenvalue weighted by Crippen LogP contribution is -2.49. The fourth-order valence-corrected chi connectivity index (χ4v) is 7.28. The summed E-state index contributed by atoms with van der Waals surface area (Å²) < 4.78 is 94.4. The maximum absolute atomic E-state index is 14.9. The molecule has 12 heteroatoms. The molecule has 0 aromatic carbocycles. The van der Waals surface area contributed by atoms with Gasteiger partial charge in [-0.1, -0.05) is 0 Å². The Kier molecular flexibility index (Phi) is 4.44. The number of rotatable bonds is 2. The van der Waals surface area contributed by atoms with Crippen LogP contribution in [0.4, 0.5) is 26.3 Å². The molecular weight excluding hydrogens is 470 g/mol. The largest absolute Gasteiger partial charge is 0.465 e. The smallest absolute Gasteiger partial charge is 0.380 e. The quantitative estimate of drug-likeness (QED) is 0.421. The van der Waals surface area contributed by atoms with Gasteiger partial charge in [0.25, 0.3) is 0 Å². The Hall–Kier alpha value is -1.82. The molecule has 168 valence electrons. The van der Waals surface area contributed by atoms with E-state index in [0.29, 0.717) is 0 Å². The van der Waals surface area contributed by atoms with Gasteiger partial charge in [0.15, 0.2) is 0 Å². The Morgan fingerprint density at radius 3 is 1.35 bits per heavy atom. The monoisotopic (exact) mass is 484 g/mol. The van der Waals surface area contributed by atoms with Gasteiger partial charge in [-0.2, -0.15) is 26.3 Å². The first-order valence-corrected chi connectivity index (χ1v) is 10.4. The van der Waals surface area contributed by atoms with Crippen molar-refractivity contribution in [2.45, 2.75) is 41.1 Å². The molecule has 31 heavy (non-hydrogen) atoms. The van der Waals surface area contributed by atoms with Crippen molar-refractivity contribution in [3.05, 3.63) is 44.3 Å². The van der Waals surface area contributed by atoms with Crippen molar-refractivity contribution < 1.29 is 45.4 Å². The Morgan fingerprint density at radius 1 is 0.742 bits per heavy atom. The van der Waals surface area contributed by atoms with Crippen LogP contribution in [-0.4, -0.2) is 53.4 Å². The van der Waals surface area contributed by atoms with E-state index in [1.54, 1.807) is 0 Å². The van der Waals surface area contributed by atoms with Crippen LogP contribution in [0, 0.1) is 0 Å². The van der Waals surface area contributed by atoms with Gasteiger partial charge in [0.05, 0.1) is 33.5 Å². The van der Waals surface area contributed by atoms with E-state index >= 15 is 0 Å². The first-order chi connectivity index (χ1) is 14.1. The number of allylic oxidation sites excluding steroid dienone is 4. The van der Waals surface area contributed by atoms with Crippen molar-refractivity contribution in [1.82, 2.24) is 0 Å². The highest BCUT2D eigenvalue weighted by atomic mass is 32.2. The van der Waals surface area contributed by atoms with Crippen molar-refractivity contribution >= 4 is 35.5 Å². The van der Waals surface area contributed by atoms with Gasteiger partial charge in [0.1, 0.15) is 0 Å². The summed E-state index contributed by atoms with van der Waals surface area (Å²) in [5.74, 6) is -18.0. The average Bonchev–Trinajstić information content (AvgIpc) is 3.26. The molecule has 0 spiro atoms. The summed E-state index contributed by atoms with van der Waals surface area (Å²) in [4.78, 5) is 23.8. The topological polar surface area (TPSA) is 52.6 Å². The predicted octanol–water partition coefficient (Wildman–Crippen LogP) is 4.64. The van der Waals surface area contributed by atoms with Crippen LogP contribution >= 0.6 is 23.5 Å². The number of halogens is 6. The van der Waals surface area contributed by atoms with Crippen LogP contribution in [0.2, 0.25) is 0 Å². The molecule has 1 fully saturated rings. The van der Waals surface area contributed by atoms with Crippen LogP contribution < -0.4 is 0 Å². The van der Waals surface area contributed by atoms with Gasteiger partial charge in [-0.15, -0.1) is 23.5 Å². The van der Waals surface area contributed by atoms with E-state index in [1.165, 1.54) is 13.8 Å². The number of carbonyl (C=O) groups excluding carboxylic acids is 2. The minimum Gasteiger partial charge on any atom is -0.465 e. The molecule has 4 nitrogen and oxygen atoms in total. The summed E-state index contributed by atoms with van der Waals surface area (Å²) in [5, 5.41) is 0. The summed E-state index contributed by atoms with van der Waals surface area (Å²) >= 11 is 1.48. The number of alkyl halides is 6. The van der Waals surface area contributed by atoms with Crippen LogP contribution in [0.5, 0.6) is 0 Å². The van der Waals surface area contributed by atoms with E-state index in [0.717, 1.165) is 49.9 Å². The maximum Gasteiger partial charge on any atom is 0.380 e. The van der Waals surface area contributed by atoms with Crippen molar-refractivity contribution in [3.8, 4) is 0 Å². The van der Waals surface area contributed by atoms with Gasteiger partial charge >= 0.3 is 29.7 Å². The standard InChI is InChI=1S/C19H14F6O4S2/c1-15-7(5-9(30-15)13(26)28-3)11-12(18(22,23)19(24,25)17(11,20)21)8-6-10(14(27)29-4)31-16(8,15)2/h5-6H,1-4H3/t15-,16-/m1/s1. The zero-order valence-corrected chi connectivity index (χ0v) is 18.0. The number of methoxy groups -OCH3 is 2. The van der Waals surface area contributed by atoms with Crippen LogP contribution in [0.1, 0.15) is 13.8 Å². The average molecular weight is 484 g/mol. The molecule has 2 aliphatic heterocycles. The molecule has 2 aliphatic carbocycles. The normalized spacial score (nSPS) is 34.0. The van der Waals surface area contributed by atoms with Gasteiger partial charge in [-0.25, -0.2) is 9.59 Å². The van der Waals surface area contributed by atoms with Crippen LogP contribution in [0.3, 0.4) is 0 Å². The van der Waals surface area contributed by atoms with Crippen LogP contribution in [0.15, 0.2) is 44.3 Å². The zero-order valence-electron chi connectivity index (χ0n) is 16.4. The van der Waals surface area contributed by atoms with Gasteiger partial charge in [-0.3, -0.25) is 0 Å². The maximum atomic E-state index is 14.9. The van der Waals surface area contributed by atoms with Crippen molar-refractivity contribution in [2.75, 3.05) is 14.2 Å². The second-order valence-electron chi connectivity index (χ2n) is 7.57. The number of hydrogen-bond acceptors (Lipinski definition) is 6. The SMILES string of the molecule is COC(=O)C1=CC2=C3C(=C4C=C(C(=O)OC)S[C@@]4(C)[C@]2(C)S1)C(F)(F)C(F)(F)C3(F)F. The Labute approximate surface area is 180 Å². The molecular formula is C19H14F6O4S2. The molecule has 0 amide bonds. The van der Waals surface area contributed by atoms with E-state index in [1.807, 2.05) is 0 Å².